The normalized spacial score (nSPS) is 20.2. The Morgan fingerprint density at radius 3 is 2.32 bits per heavy atom. The Morgan fingerprint density at radius 1 is 1.23 bits per heavy atom. The van der Waals surface area contributed by atoms with Crippen molar-refractivity contribution in [3.63, 3.8) is 0 Å². The summed E-state index contributed by atoms with van der Waals surface area (Å²) in [5.74, 6) is -1.76. The quantitative estimate of drug-likeness (QED) is 0.479. The van der Waals surface area contributed by atoms with Gasteiger partial charge in [-0.15, -0.1) is 0 Å². The Labute approximate surface area is 130 Å². The number of carbonyl (C=O) groups excluding carboxylic acids is 2. The number of aliphatic imine (C=N–C) groups is 1. The molecule has 1 aliphatic rings. The molecule has 1 aromatic carbocycles. The van der Waals surface area contributed by atoms with Crippen molar-refractivity contribution in [1.29, 1.82) is 0 Å². The number of Topliss-reactive ketones (excluding diaryl/α,β-unsaturated/α-hetero) is 1. The summed E-state index contributed by atoms with van der Waals surface area (Å²) in [5, 5.41) is 0. The molecule has 0 saturated heterocycles. The SMILES string of the molecule is COC(=O)C1C(=O)C(=Cc2ccc(C(C)(C)C)cc2)N=C1C. The van der Waals surface area contributed by atoms with E-state index in [-0.39, 0.29) is 11.2 Å². The van der Waals surface area contributed by atoms with E-state index in [0.29, 0.717) is 11.4 Å². The van der Waals surface area contributed by atoms with E-state index >= 15 is 0 Å². The number of benzene rings is 1. The topological polar surface area (TPSA) is 55.7 Å². The molecule has 1 heterocycles. The van der Waals surface area contributed by atoms with E-state index < -0.39 is 11.9 Å². The number of ketones is 1. The maximum absolute atomic E-state index is 12.3. The lowest BCUT2D eigenvalue weighted by atomic mass is 9.86. The summed E-state index contributed by atoms with van der Waals surface area (Å²) in [4.78, 5) is 28.1. The second kappa shape index (κ2) is 5.87. The molecule has 116 valence electrons. The fourth-order valence-electron chi connectivity index (χ4n) is 2.38. The second-order valence-electron chi connectivity index (χ2n) is 6.48. The van der Waals surface area contributed by atoms with Gasteiger partial charge in [0.15, 0.2) is 5.92 Å². The van der Waals surface area contributed by atoms with Crippen LogP contribution in [0.25, 0.3) is 6.08 Å². The van der Waals surface area contributed by atoms with Gasteiger partial charge in [0.25, 0.3) is 0 Å². The first-order valence-corrected chi connectivity index (χ1v) is 7.23. The van der Waals surface area contributed by atoms with E-state index in [9.17, 15) is 9.59 Å². The Morgan fingerprint density at radius 2 is 1.82 bits per heavy atom. The summed E-state index contributed by atoms with van der Waals surface area (Å²) in [6, 6.07) is 7.99. The van der Waals surface area contributed by atoms with E-state index in [1.54, 1.807) is 13.0 Å². The maximum Gasteiger partial charge on any atom is 0.322 e. The van der Waals surface area contributed by atoms with Crippen LogP contribution in [0.15, 0.2) is 35.0 Å². The zero-order valence-electron chi connectivity index (χ0n) is 13.6. The lowest BCUT2D eigenvalue weighted by molar-refractivity contribution is -0.145. The third-order valence-electron chi connectivity index (χ3n) is 3.75. The number of carbonyl (C=O) groups is 2. The van der Waals surface area contributed by atoms with Crippen LogP contribution in [0.1, 0.15) is 38.8 Å². The molecule has 4 nitrogen and oxygen atoms in total. The first-order chi connectivity index (χ1) is 10.2. The smallest absolute Gasteiger partial charge is 0.322 e. The monoisotopic (exact) mass is 299 g/mol. The molecule has 22 heavy (non-hydrogen) atoms. The van der Waals surface area contributed by atoms with Gasteiger partial charge in [-0.05, 0) is 29.5 Å². The van der Waals surface area contributed by atoms with Crippen LogP contribution in [0, 0.1) is 5.92 Å². The predicted molar refractivity (Wildman–Crippen MR) is 86.7 cm³/mol. The van der Waals surface area contributed by atoms with Crippen molar-refractivity contribution in [2.75, 3.05) is 7.11 Å². The average molecular weight is 299 g/mol. The zero-order valence-corrected chi connectivity index (χ0v) is 13.6. The Bertz CT molecular complexity index is 661. The third kappa shape index (κ3) is 3.16. The minimum Gasteiger partial charge on any atom is -0.468 e. The number of methoxy groups -OCH3 is 1. The second-order valence-corrected chi connectivity index (χ2v) is 6.48. The highest BCUT2D eigenvalue weighted by atomic mass is 16.5. The Balaban J connectivity index is 2.28. The molecule has 0 fully saturated rings. The summed E-state index contributed by atoms with van der Waals surface area (Å²) in [7, 11) is 1.27. The van der Waals surface area contributed by atoms with Crippen LogP contribution in [-0.4, -0.2) is 24.6 Å². The van der Waals surface area contributed by atoms with Crippen molar-refractivity contribution in [1.82, 2.24) is 0 Å². The minimum atomic E-state index is -0.898. The van der Waals surface area contributed by atoms with Crippen LogP contribution in [0.4, 0.5) is 0 Å². The highest BCUT2D eigenvalue weighted by Crippen LogP contribution is 2.25. The summed E-state index contributed by atoms with van der Waals surface area (Å²) >= 11 is 0. The molecule has 0 bridgehead atoms. The molecule has 0 N–H and O–H groups in total. The van der Waals surface area contributed by atoms with Gasteiger partial charge in [-0.3, -0.25) is 14.6 Å². The number of esters is 1. The number of ether oxygens (including phenoxy) is 1. The first-order valence-electron chi connectivity index (χ1n) is 7.23. The summed E-state index contributed by atoms with van der Waals surface area (Å²) < 4.78 is 4.66. The number of hydrogen-bond donors (Lipinski definition) is 0. The van der Waals surface area contributed by atoms with Gasteiger partial charge >= 0.3 is 5.97 Å². The van der Waals surface area contributed by atoms with Crippen LogP contribution in [0.2, 0.25) is 0 Å². The molecule has 1 aromatic rings. The molecule has 0 amide bonds. The summed E-state index contributed by atoms with van der Waals surface area (Å²) in [6.07, 6.45) is 1.71. The lowest BCUT2D eigenvalue weighted by Gasteiger charge is -2.18. The van der Waals surface area contributed by atoms with E-state index in [1.807, 2.05) is 24.3 Å². The molecule has 1 unspecified atom stereocenters. The van der Waals surface area contributed by atoms with Gasteiger partial charge in [-0.1, -0.05) is 45.0 Å². The maximum atomic E-state index is 12.3. The standard InChI is InChI=1S/C18H21NO3/c1-11-15(17(21)22-5)16(20)14(19-11)10-12-6-8-13(9-7-12)18(2,3)4/h6-10,15H,1-5H3. The van der Waals surface area contributed by atoms with E-state index in [0.717, 1.165) is 5.56 Å². The molecule has 0 saturated carbocycles. The van der Waals surface area contributed by atoms with Crippen LogP contribution in [0.3, 0.4) is 0 Å². The highest BCUT2D eigenvalue weighted by Gasteiger charge is 2.37. The van der Waals surface area contributed by atoms with Crippen LogP contribution < -0.4 is 0 Å². The van der Waals surface area contributed by atoms with Gasteiger partial charge in [0, 0.05) is 5.71 Å². The Kier molecular flexibility index (Phi) is 4.31. The van der Waals surface area contributed by atoms with Crippen molar-refractivity contribution >= 4 is 23.5 Å². The predicted octanol–water partition coefficient (Wildman–Crippen LogP) is 3.16. The number of allylic oxidation sites excluding steroid dienone is 1. The lowest BCUT2D eigenvalue weighted by Crippen LogP contribution is -2.27. The first kappa shape index (κ1) is 16.1. The molecular weight excluding hydrogens is 278 g/mol. The molecule has 0 aliphatic carbocycles. The molecule has 0 spiro atoms. The molecule has 0 aromatic heterocycles. The molecule has 4 heteroatoms. The fourth-order valence-corrected chi connectivity index (χ4v) is 2.38. The molecule has 1 aliphatic heterocycles. The highest BCUT2D eigenvalue weighted by molar-refractivity contribution is 6.28. The average Bonchev–Trinajstić information content (AvgIpc) is 2.72. The van der Waals surface area contributed by atoms with Crippen molar-refractivity contribution in [3.05, 3.63) is 41.1 Å². The van der Waals surface area contributed by atoms with Gasteiger partial charge in [0.1, 0.15) is 5.70 Å². The van der Waals surface area contributed by atoms with Crippen molar-refractivity contribution < 1.29 is 14.3 Å². The zero-order chi connectivity index (χ0) is 16.5. The van der Waals surface area contributed by atoms with Gasteiger partial charge in [-0.2, -0.15) is 0 Å². The van der Waals surface area contributed by atoms with Crippen LogP contribution >= 0.6 is 0 Å². The Hall–Kier alpha value is -2.23. The van der Waals surface area contributed by atoms with E-state index in [4.69, 9.17) is 0 Å². The molecule has 1 atom stereocenters. The van der Waals surface area contributed by atoms with E-state index in [1.165, 1.54) is 12.7 Å². The fraction of sp³-hybridized carbons (Fsp3) is 0.389. The number of nitrogens with zero attached hydrogens (tertiary/aromatic N) is 1. The van der Waals surface area contributed by atoms with Gasteiger partial charge in [0.05, 0.1) is 7.11 Å². The number of hydrogen-bond acceptors (Lipinski definition) is 4. The summed E-state index contributed by atoms with van der Waals surface area (Å²) in [6.45, 7) is 8.11. The van der Waals surface area contributed by atoms with Crippen molar-refractivity contribution in [2.24, 2.45) is 10.9 Å². The third-order valence-corrected chi connectivity index (χ3v) is 3.75. The van der Waals surface area contributed by atoms with Gasteiger partial charge < -0.3 is 4.74 Å². The van der Waals surface area contributed by atoms with Gasteiger partial charge in [0.2, 0.25) is 5.78 Å². The molecule has 2 rings (SSSR count). The van der Waals surface area contributed by atoms with Gasteiger partial charge in [-0.25, -0.2) is 0 Å². The molecular formula is C18H21NO3. The van der Waals surface area contributed by atoms with E-state index in [2.05, 4.69) is 30.5 Å². The van der Waals surface area contributed by atoms with Crippen LogP contribution in [0.5, 0.6) is 0 Å². The minimum absolute atomic E-state index is 0.0829. The van der Waals surface area contributed by atoms with Crippen molar-refractivity contribution in [2.45, 2.75) is 33.1 Å². The molecule has 0 radical (unpaired) electrons. The van der Waals surface area contributed by atoms with Crippen molar-refractivity contribution in [3.8, 4) is 0 Å². The number of rotatable bonds is 2. The largest absolute Gasteiger partial charge is 0.468 e. The summed E-state index contributed by atoms with van der Waals surface area (Å²) in [5.41, 5.74) is 2.98. The van der Waals surface area contributed by atoms with Crippen LogP contribution in [-0.2, 0) is 19.7 Å².